The molecule has 0 aromatic carbocycles. The van der Waals surface area contributed by atoms with Crippen molar-refractivity contribution in [1.82, 2.24) is 0 Å². The van der Waals surface area contributed by atoms with Gasteiger partial charge in [0.15, 0.2) is 0 Å². The molecule has 0 radical (unpaired) electrons. The predicted molar refractivity (Wildman–Crippen MR) is 47.9 cm³/mol. The fourth-order valence-corrected chi connectivity index (χ4v) is 1.94. The minimum atomic E-state index is -0.839. The van der Waals surface area contributed by atoms with Crippen molar-refractivity contribution >= 4 is 5.97 Å². The first-order valence-electron chi connectivity index (χ1n) is 4.55. The van der Waals surface area contributed by atoms with Gasteiger partial charge in [0, 0.05) is 5.57 Å². The van der Waals surface area contributed by atoms with E-state index in [4.69, 9.17) is 5.11 Å². The van der Waals surface area contributed by atoms with Crippen molar-refractivity contribution < 1.29 is 9.90 Å². The van der Waals surface area contributed by atoms with Crippen molar-refractivity contribution in [2.75, 3.05) is 0 Å². The predicted octanol–water partition coefficient (Wildman–Crippen LogP) is 2.45. The molecule has 0 aromatic heterocycles. The van der Waals surface area contributed by atoms with E-state index in [2.05, 4.69) is 6.58 Å². The van der Waals surface area contributed by atoms with Crippen LogP contribution in [-0.4, -0.2) is 11.1 Å². The standard InChI is InChI=1S/C10H16O2/c1-7(8(2)10(11)12)9-5-3-4-6-9/h7,9H,2-6H2,1H3,(H,11,12). The number of carboxylic acids is 1. The topological polar surface area (TPSA) is 37.3 Å². The molecule has 1 saturated carbocycles. The summed E-state index contributed by atoms with van der Waals surface area (Å²) >= 11 is 0. The van der Waals surface area contributed by atoms with E-state index in [1.54, 1.807) is 0 Å². The van der Waals surface area contributed by atoms with Crippen molar-refractivity contribution in [3.63, 3.8) is 0 Å². The third kappa shape index (κ3) is 1.87. The smallest absolute Gasteiger partial charge is 0.331 e. The van der Waals surface area contributed by atoms with Crippen LogP contribution in [-0.2, 0) is 4.79 Å². The third-order valence-electron chi connectivity index (χ3n) is 2.93. The number of hydrogen-bond donors (Lipinski definition) is 1. The monoisotopic (exact) mass is 168 g/mol. The van der Waals surface area contributed by atoms with Crippen LogP contribution in [0.4, 0.5) is 0 Å². The van der Waals surface area contributed by atoms with Gasteiger partial charge in [-0.2, -0.15) is 0 Å². The second-order valence-electron chi connectivity index (χ2n) is 3.66. The molecule has 1 aliphatic rings. The van der Waals surface area contributed by atoms with Gasteiger partial charge >= 0.3 is 5.97 Å². The average molecular weight is 168 g/mol. The Morgan fingerprint density at radius 2 is 2.00 bits per heavy atom. The van der Waals surface area contributed by atoms with Crippen LogP contribution in [0, 0.1) is 11.8 Å². The van der Waals surface area contributed by atoms with E-state index < -0.39 is 5.97 Å². The molecule has 0 heterocycles. The summed E-state index contributed by atoms with van der Waals surface area (Å²) in [5, 5.41) is 8.71. The minimum absolute atomic E-state index is 0.157. The highest BCUT2D eigenvalue weighted by atomic mass is 16.4. The van der Waals surface area contributed by atoms with Gasteiger partial charge < -0.3 is 5.11 Å². The van der Waals surface area contributed by atoms with Crippen LogP contribution in [0.2, 0.25) is 0 Å². The number of aliphatic carboxylic acids is 1. The molecule has 1 atom stereocenters. The number of carbonyl (C=O) groups is 1. The van der Waals surface area contributed by atoms with Crippen LogP contribution in [0.5, 0.6) is 0 Å². The molecular weight excluding hydrogens is 152 g/mol. The maximum atomic E-state index is 10.6. The average Bonchev–Trinajstić information content (AvgIpc) is 2.53. The van der Waals surface area contributed by atoms with Gasteiger partial charge in [0.05, 0.1) is 0 Å². The molecule has 0 amide bonds. The summed E-state index contributed by atoms with van der Waals surface area (Å²) in [5.74, 6) is -0.118. The van der Waals surface area contributed by atoms with E-state index in [-0.39, 0.29) is 5.92 Å². The van der Waals surface area contributed by atoms with E-state index in [1.165, 1.54) is 25.7 Å². The van der Waals surface area contributed by atoms with Gasteiger partial charge in [0.2, 0.25) is 0 Å². The van der Waals surface area contributed by atoms with Gasteiger partial charge in [-0.15, -0.1) is 0 Å². The molecule has 1 rings (SSSR count). The van der Waals surface area contributed by atoms with Crippen molar-refractivity contribution in [2.45, 2.75) is 32.6 Å². The first-order valence-corrected chi connectivity index (χ1v) is 4.55. The Hall–Kier alpha value is -0.790. The van der Waals surface area contributed by atoms with Crippen LogP contribution in [0.1, 0.15) is 32.6 Å². The summed E-state index contributed by atoms with van der Waals surface area (Å²) in [4.78, 5) is 10.6. The first-order chi connectivity index (χ1) is 5.63. The molecule has 0 aromatic rings. The number of rotatable bonds is 3. The number of carboxylic acid groups (broad SMARTS) is 1. The molecule has 1 aliphatic carbocycles. The first kappa shape index (κ1) is 9.30. The van der Waals surface area contributed by atoms with Gasteiger partial charge in [-0.1, -0.05) is 26.3 Å². The second kappa shape index (κ2) is 3.74. The molecule has 0 bridgehead atoms. The lowest BCUT2D eigenvalue weighted by atomic mass is 9.87. The molecule has 1 fully saturated rings. The normalized spacial score (nSPS) is 20.8. The van der Waals surface area contributed by atoms with Crippen molar-refractivity contribution in [2.24, 2.45) is 11.8 Å². The largest absolute Gasteiger partial charge is 0.478 e. The van der Waals surface area contributed by atoms with E-state index in [0.717, 1.165) is 0 Å². The number of hydrogen-bond acceptors (Lipinski definition) is 1. The summed E-state index contributed by atoms with van der Waals surface area (Å²) in [5.41, 5.74) is 0.377. The Morgan fingerprint density at radius 3 is 2.42 bits per heavy atom. The lowest BCUT2D eigenvalue weighted by Gasteiger charge is -2.18. The molecule has 2 nitrogen and oxygen atoms in total. The van der Waals surface area contributed by atoms with Crippen molar-refractivity contribution in [3.05, 3.63) is 12.2 Å². The zero-order valence-corrected chi connectivity index (χ0v) is 7.55. The van der Waals surface area contributed by atoms with Crippen LogP contribution >= 0.6 is 0 Å². The Bertz CT molecular complexity index is 190. The van der Waals surface area contributed by atoms with Gasteiger partial charge in [-0.05, 0) is 24.7 Å². The maximum Gasteiger partial charge on any atom is 0.331 e. The van der Waals surface area contributed by atoms with E-state index in [9.17, 15) is 4.79 Å². The molecular formula is C10H16O2. The van der Waals surface area contributed by atoms with E-state index in [1.807, 2.05) is 6.92 Å². The van der Waals surface area contributed by atoms with Gasteiger partial charge in [0.25, 0.3) is 0 Å². The Morgan fingerprint density at radius 1 is 1.50 bits per heavy atom. The second-order valence-corrected chi connectivity index (χ2v) is 3.66. The molecule has 0 spiro atoms. The molecule has 1 unspecified atom stereocenters. The lowest BCUT2D eigenvalue weighted by Crippen LogP contribution is -2.15. The summed E-state index contributed by atoms with van der Waals surface area (Å²) in [6.07, 6.45) is 4.85. The zero-order chi connectivity index (χ0) is 9.14. The quantitative estimate of drug-likeness (QED) is 0.657. The van der Waals surface area contributed by atoms with Crippen LogP contribution in [0.15, 0.2) is 12.2 Å². The van der Waals surface area contributed by atoms with Crippen molar-refractivity contribution in [1.29, 1.82) is 0 Å². The van der Waals surface area contributed by atoms with Crippen LogP contribution in [0.25, 0.3) is 0 Å². The molecule has 2 heteroatoms. The highest BCUT2D eigenvalue weighted by Gasteiger charge is 2.25. The zero-order valence-electron chi connectivity index (χ0n) is 7.55. The lowest BCUT2D eigenvalue weighted by molar-refractivity contribution is -0.133. The fourth-order valence-electron chi connectivity index (χ4n) is 1.94. The SMILES string of the molecule is C=C(C(=O)O)C(C)C1CCCC1. The van der Waals surface area contributed by atoms with Crippen LogP contribution < -0.4 is 0 Å². The Labute approximate surface area is 73.3 Å². The molecule has 1 N–H and O–H groups in total. The van der Waals surface area contributed by atoms with Crippen molar-refractivity contribution in [3.8, 4) is 0 Å². The Kier molecular flexibility index (Phi) is 2.90. The highest BCUT2D eigenvalue weighted by Crippen LogP contribution is 2.34. The minimum Gasteiger partial charge on any atom is -0.478 e. The third-order valence-corrected chi connectivity index (χ3v) is 2.93. The maximum absolute atomic E-state index is 10.6. The van der Waals surface area contributed by atoms with Gasteiger partial charge in [-0.3, -0.25) is 0 Å². The molecule has 12 heavy (non-hydrogen) atoms. The van der Waals surface area contributed by atoms with Crippen LogP contribution in [0.3, 0.4) is 0 Å². The van der Waals surface area contributed by atoms with Gasteiger partial charge in [-0.25, -0.2) is 4.79 Å². The molecule has 0 saturated heterocycles. The van der Waals surface area contributed by atoms with E-state index >= 15 is 0 Å². The molecule has 0 aliphatic heterocycles. The Balaban J connectivity index is 2.51. The summed E-state index contributed by atoms with van der Waals surface area (Å²) in [7, 11) is 0. The highest BCUT2D eigenvalue weighted by molar-refractivity contribution is 5.86. The summed E-state index contributed by atoms with van der Waals surface area (Å²) < 4.78 is 0. The van der Waals surface area contributed by atoms with Gasteiger partial charge in [0.1, 0.15) is 0 Å². The molecule has 68 valence electrons. The summed E-state index contributed by atoms with van der Waals surface area (Å²) in [6, 6.07) is 0. The fraction of sp³-hybridized carbons (Fsp3) is 0.700. The van der Waals surface area contributed by atoms with E-state index in [0.29, 0.717) is 11.5 Å². The summed E-state index contributed by atoms with van der Waals surface area (Å²) in [6.45, 7) is 5.58.